The van der Waals surface area contributed by atoms with Crippen molar-refractivity contribution in [1.82, 2.24) is 20.1 Å². The van der Waals surface area contributed by atoms with Gasteiger partial charge in [0.05, 0.1) is 0 Å². The highest BCUT2D eigenvalue weighted by molar-refractivity contribution is 5.47. The first-order chi connectivity index (χ1) is 11.3. The Morgan fingerprint density at radius 1 is 1.13 bits per heavy atom. The topological polar surface area (TPSA) is 66.5 Å². The van der Waals surface area contributed by atoms with Crippen molar-refractivity contribution in [2.45, 2.75) is 13.5 Å². The van der Waals surface area contributed by atoms with E-state index in [1.54, 1.807) is 0 Å². The van der Waals surface area contributed by atoms with Crippen molar-refractivity contribution in [2.75, 3.05) is 44.3 Å². The van der Waals surface area contributed by atoms with Gasteiger partial charge in [-0.2, -0.15) is 4.98 Å². The fraction of sp³-hybridized carbons (Fsp3) is 0.500. The van der Waals surface area contributed by atoms with Crippen LogP contribution >= 0.6 is 0 Å². The lowest BCUT2D eigenvalue weighted by atomic mass is 10.1. The Morgan fingerprint density at radius 3 is 2.74 bits per heavy atom. The molecule has 1 N–H and O–H groups in total. The maximum Gasteiger partial charge on any atom is 0.244 e. The number of nitrogens with one attached hydrogen (secondary N) is 1. The molecule has 0 amide bonds. The van der Waals surface area contributed by atoms with Crippen LogP contribution in [0.3, 0.4) is 0 Å². The summed E-state index contributed by atoms with van der Waals surface area (Å²) in [7, 11) is 0. The molecule has 2 aliphatic heterocycles. The minimum Gasteiger partial charge on any atom is -0.486 e. The van der Waals surface area contributed by atoms with E-state index in [0.29, 0.717) is 13.2 Å². The lowest BCUT2D eigenvalue weighted by Crippen LogP contribution is -2.46. The highest BCUT2D eigenvalue weighted by Gasteiger charge is 2.22. The number of anilines is 1. The zero-order valence-corrected chi connectivity index (χ0v) is 13.3. The zero-order valence-electron chi connectivity index (χ0n) is 13.3. The minimum absolute atomic E-state index is 0.627. The van der Waals surface area contributed by atoms with Crippen molar-refractivity contribution < 1.29 is 9.47 Å². The number of nitrogens with zero attached hydrogens (tertiary/aromatic N) is 4. The largest absolute Gasteiger partial charge is 0.486 e. The molecular formula is C16H21N5O2. The summed E-state index contributed by atoms with van der Waals surface area (Å²) in [6.07, 6.45) is 0. The molecule has 1 aromatic heterocycles. The van der Waals surface area contributed by atoms with Gasteiger partial charge in [0.15, 0.2) is 11.5 Å². The summed E-state index contributed by atoms with van der Waals surface area (Å²) in [6.45, 7) is 7.90. The number of para-hydroxylation sites is 1. The van der Waals surface area contributed by atoms with Crippen LogP contribution in [0.25, 0.3) is 0 Å². The summed E-state index contributed by atoms with van der Waals surface area (Å²) in [5.74, 6) is 3.43. The molecule has 23 heavy (non-hydrogen) atoms. The second-order valence-corrected chi connectivity index (χ2v) is 5.93. The molecule has 1 aromatic carbocycles. The van der Waals surface area contributed by atoms with Gasteiger partial charge in [-0.15, -0.1) is 5.10 Å². The van der Waals surface area contributed by atoms with Gasteiger partial charge in [-0.25, -0.2) is 0 Å². The monoisotopic (exact) mass is 315 g/mol. The quantitative estimate of drug-likeness (QED) is 0.918. The molecule has 4 rings (SSSR count). The number of aromatic nitrogens is 3. The Balaban J connectivity index is 1.40. The van der Waals surface area contributed by atoms with E-state index in [-0.39, 0.29) is 0 Å². The summed E-state index contributed by atoms with van der Waals surface area (Å²) < 4.78 is 11.5. The molecular weight excluding hydrogens is 294 g/mol. The maximum absolute atomic E-state index is 5.80. The number of hydrogen-bond donors (Lipinski definition) is 1. The third-order valence-electron chi connectivity index (χ3n) is 4.28. The van der Waals surface area contributed by atoms with Crippen LogP contribution in [0.1, 0.15) is 11.4 Å². The molecule has 2 aromatic rings. The Labute approximate surface area is 135 Å². The van der Waals surface area contributed by atoms with Gasteiger partial charge in [-0.3, -0.25) is 10.00 Å². The molecule has 7 heteroatoms. The van der Waals surface area contributed by atoms with Crippen LogP contribution in [-0.2, 0) is 6.54 Å². The summed E-state index contributed by atoms with van der Waals surface area (Å²) >= 11 is 0. The molecule has 0 unspecified atom stereocenters. The Hall–Kier alpha value is -2.28. The number of H-pyrrole nitrogens is 1. The number of fused-ring (bicyclic) bond motifs is 1. The van der Waals surface area contributed by atoms with Gasteiger partial charge in [0, 0.05) is 38.3 Å². The van der Waals surface area contributed by atoms with E-state index < -0.39 is 0 Å². The molecule has 0 aliphatic carbocycles. The number of hydrogen-bond acceptors (Lipinski definition) is 6. The fourth-order valence-corrected chi connectivity index (χ4v) is 3.08. The molecule has 3 heterocycles. The van der Waals surface area contributed by atoms with Gasteiger partial charge in [0.1, 0.15) is 19.0 Å². The van der Waals surface area contributed by atoms with E-state index in [0.717, 1.165) is 56.0 Å². The lowest BCUT2D eigenvalue weighted by molar-refractivity contribution is 0.166. The molecule has 1 fully saturated rings. The highest BCUT2D eigenvalue weighted by Crippen LogP contribution is 2.34. The van der Waals surface area contributed by atoms with Crippen LogP contribution in [-0.4, -0.2) is 59.5 Å². The maximum atomic E-state index is 5.80. The van der Waals surface area contributed by atoms with Crippen LogP contribution < -0.4 is 14.4 Å². The van der Waals surface area contributed by atoms with Crippen LogP contribution in [0.5, 0.6) is 11.5 Å². The van der Waals surface area contributed by atoms with E-state index in [1.165, 1.54) is 5.56 Å². The van der Waals surface area contributed by atoms with Crippen molar-refractivity contribution in [3.8, 4) is 11.5 Å². The molecule has 122 valence electrons. The first kappa shape index (κ1) is 14.3. The minimum atomic E-state index is 0.627. The van der Waals surface area contributed by atoms with Crippen LogP contribution in [0.4, 0.5) is 5.95 Å². The average molecular weight is 315 g/mol. The molecule has 1 saturated heterocycles. The van der Waals surface area contributed by atoms with Crippen molar-refractivity contribution in [3.05, 3.63) is 29.6 Å². The molecule has 7 nitrogen and oxygen atoms in total. The Kier molecular flexibility index (Phi) is 3.78. The summed E-state index contributed by atoms with van der Waals surface area (Å²) in [4.78, 5) is 9.06. The fourth-order valence-electron chi connectivity index (χ4n) is 3.08. The number of rotatable bonds is 3. The third kappa shape index (κ3) is 2.96. The lowest BCUT2D eigenvalue weighted by Gasteiger charge is -2.34. The van der Waals surface area contributed by atoms with Crippen LogP contribution in [0.15, 0.2) is 18.2 Å². The number of aryl methyl sites for hydroxylation is 1. The average Bonchev–Trinajstić information content (AvgIpc) is 3.02. The van der Waals surface area contributed by atoms with Gasteiger partial charge in [0.25, 0.3) is 0 Å². The van der Waals surface area contributed by atoms with Crippen LogP contribution in [0, 0.1) is 6.92 Å². The normalized spacial score (nSPS) is 18.2. The van der Waals surface area contributed by atoms with Gasteiger partial charge in [-0.1, -0.05) is 12.1 Å². The molecule has 0 saturated carbocycles. The van der Waals surface area contributed by atoms with Crippen molar-refractivity contribution >= 4 is 5.95 Å². The van der Waals surface area contributed by atoms with Crippen molar-refractivity contribution in [3.63, 3.8) is 0 Å². The summed E-state index contributed by atoms with van der Waals surface area (Å²) in [6, 6.07) is 6.13. The number of piperazine rings is 1. The number of benzene rings is 1. The first-order valence-electron chi connectivity index (χ1n) is 8.03. The van der Waals surface area contributed by atoms with E-state index in [4.69, 9.17) is 9.47 Å². The van der Waals surface area contributed by atoms with E-state index >= 15 is 0 Å². The third-order valence-corrected chi connectivity index (χ3v) is 4.28. The highest BCUT2D eigenvalue weighted by atomic mass is 16.6. The predicted octanol–water partition coefficient (Wildman–Crippen LogP) is 1.21. The van der Waals surface area contributed by atoms with Gasteiger partial charge in [0.2, 0.25) is 5.95 Å². The van der Waals surface area contributed by atoms with E-state index in [1.807, 2.05) is 19.1 Å². The molecule has 0 radical (unpaired) electrons. The Bertz CT molecular complexity index is 679. The number of aromatic amines is 1. The van der Waals surface area contributed by atoms with Gasteiger partial charge >= 0.3 is 0 Å². The van der Waals surface area contributed by atoms with Crippen molar-refractivity contribution in [1.29, 1.82) is 0 Å². The molecule has 0 atom stereocenters. The van der Waals surface area contributed by atoms with E-state index in [9.17, 15) is 0 Å². The van der Waals surface area contributed by atoms with Gasteiger partial charge in [-0.05, 0) is 13.0 Å². The SMILES string of the molecule is Cc1nc(N2CCN(Cc3cccc4c3OCCO4)CC2)n[nH]1. The smallest absolute Gasteiger partial charge is 0.244 e. The Morgan fingerprint density at radius 2 is 1.96 bits per heavy atom. The molecule has 0 spiro atoms. The molecule has 0 bridgehead atoms. The van der Waals surface area contributed by atoms with Gasteiger partial charge < -0.3 is 14.4 Å². The second kappa shape index (κ2) is 6.08. The predicted molar refractivity (Wildman–Crippen MR) is 86.0 cm³/mol. The standard InChI is InChI=1S/C16H21N5O2/c1-12-17-16(19-18-12)21-7-5-20(6-8-21)11-13-3-2-4-14-15(13)23-10-9-22-14/h2-4H,5-11H2,1H3,(H,17,18,19). The van der Waals surface area contributed by atoms with Crippen LogP contribution in [0.2, 0.25) is 0 Å². The van der Waals surface area contributed by atoms with Crippen molar-refractivity contribution in [2.24, 2.45) is 0 Å². The molecule has 2 aliphatic rings. The second-order valence-electron chi connectivity index (χ2n) is 5.93. The van der Waals surface area contributed by atoms with E-state index in [2.05, 4.69) is 31.0 Å². The number of ether oxygens (including phenoxy) is 2. The first-order valence-corrected chi connectivity index (χ1v) is 8.03. The summed E-state index contributed by atoms with van der Waals surface area (Å²) in [5, 5.41) is 7.15. The zero-order chi connectivity index (χ0) is 15.6. The summed E-state index contributed by atoms with van der Waals surface area (Å²) in [5.41, 5.74) is 1.20.